The Balaban J connectivity index is 4.22. The molecule has 8 nitrogen and oxygen atoms in total. The number of aliphatic hydroxyl groups excluding tert-OH is 1. The number of hydrogen-bond acceptors (Lipinski definition) is 5. The second-order valence-corrected chi connectivity index (χ2v) is 23.5. The number of phosphoric acid groups is 1. The molecule has 0 radical (unpaired) electrons. The molecule has 0 heterocycles. The summed E-state index contributed by atoms with van der Waals surface area (Å²) in [5, 5.41) is 13.9. The van der Waals surface area contributed by atoms with Gasteiger partial charge in [0.2, 0.25) is 5.91 Å². The van der Waals surface area contributed by atoms with Crippen LogP contribution in [0, 0.1) is 0 Å². The van der Waals surface area contributed by atoms with Gasteiger partial charge in [-0.3, -0.25) is 13.8 Å². The zero-order chi connectivity index (χ0) is 51.3. The minimum Gasteiger partial charge on any atom is -0.387 e. The topological polar surface area (TPSA) is 105 Å². The predicted molar refractivity (Wildman–Crippen MR) is 304 cm³/mol. The highest BCUT2D eigenvalue weighted by Crippen LogP contribution is 2.43. The minimum atomic E-state index is -4.36. The highest BCUT2D eigenvalue weighted by molar-refractivity contribution is 7.47. The van der Waals surface area contributed by atoms with Crippen molar-refractivity contribution < 1.29 is 32.9 Å². The Hall–Kier alpha value is -1.28. The van der Waals surface area contributed by atoms with E-state index in [0.717, 1.165) is 38.5 Å². The number of quaternary nitrogens is 1. The van der Waals surface area contributed by atoms with Crippen molar-refractivity contribution in [1.82, 2.24) is 5.32 Å². The van der Waals surface area contributed by atoms with Crippen molar-refractivity contribution in [3.63, 3.8) is 0 Å². The fourth-order valence-electron chi connectivity index (χ4n) is 9.06. The van der Waals surface area contributed by atoms with E-state index in [-0.39, 0.29) is 19.1 Å². The zero-order valence-corrected chi connectivity index (χ0v) is 48.2. The van der Waals surface area contributed by atoms with E-state index in [2.05, 4.69) is 43.5 Å². The fraction of sp³-hybridized carbons (Fsp3) is 0.885. The molecule has 3 unspecified atom stereocenters. The molecule has 1 amide bonds. The van der Waals surface area contributed by atoms with Crippen LogP contribution in [0.1, 0.15) is 296 Å². The van der Waals surface area contributed by atoms with Crippen molar-refractivity contribution in [3.05, 3.63) is 36.5 Å². The number of likely N-dealkylation sites (N-methyl/N-ethyl adjacent to an activating group) is 1. The van der Waals surface area contributed by atoms with Crippen molar-refractivity contribution in [2.75, 3.05) is 40.9 Å². The molecule has 0 aromatic heterocycles. The van der Waals surface area contributed by atoms with Crippen LogP contribution in [-0.2, 0) is 18.4 Å². The lowest BCUT2D eigenvalue weighted by atomic mass is 10.0. The highest BCUT2D eigenvalue weighted by Gasteiger charge is 2.27. The molecule has 0 bridgehead atoms. The molecule has 0 aliphatic carbocycles. The van der Waals surface area contributed by atoms with E-state index < -0.39 is 20.0 Å². The summed E-state index contributed by atoms with van der Waals surface area (Å²) in [6.07, 6.45) is 68.3. The first-order chi connectivity index (χ1) is 34.0. The molecule has 0 rings (SSSR count). The van der Waals surface area contributed by atoms with Crippen LogP contribution in [0.4, 0.5) is 0 Å². The molecule has 0 aromatic carbocycles. The van der Waals surface area contributed by atoms with Gasteiger partial charge in [0.05, 0.1) is 39.9 Å². The first-order valence-electron chi connectivity index (χ1n) is 30.4. The second kappa shape index (κ2) is 52.6. The van der Waals surface area contributed by atoms with Crippen LogP contribution in [0.5, 0.6) is 0 Å². The molecule has 0 saturated carbocycles. The summed E-state index contributed by atoms with van der Waals surface area (Å²) in [6, 6.07) is -0.865. The summed E-state index contributed by atoms with van der Waals surface area (Å²) in [4.78, 5) is 23.3. The van der Waals surface area contributed by atoms with Gasteiger partial charge < -0.3 is 19.8 Å². The average Bonchev–Trinajstić information content (AvgIpc) is 3.32. The van der Waals surface area contributed by atoms with Crippen LogP contribution >= 0.6 is 7.82 Å². The van der Waals surface area contributed by atoms with Crippen molar-refractivity contribution in [3.8, 4) is 0 Å². The Kier molecular flexibility index (Phi) is 51.6. The van der Waals surface area contributed by atoms with Gasteiger partial charge in [-0.2, -0.15) is 0 Å². The van der Waals surface area contributed by atoms with Gasteiger partial charge in [0.15, 0.2) is 0 Å². The molecule has 9 heteroatoms. The molecule has 3 N–H and O–H groups in total. The second-order valence-electron chi connectivity index (χ2n) is 22.1. The standard InChI is InChI=1S/C61H119N2O6P/c1-6-8-10-12-14-16-18-20-22-24-26-28-30-32-34-36-38-40-42-44-46-48-50-52-54-60(64)59(58-69-70(66,67)68-57-56-63(3,4)5)62-61(65)55-53-51-49-47-45-43-41-39-37-35-33-31-29-27-25-23-21-19-17-15-13-11-9-7-2/h33,35,44,46,52,54,59-60,64H,6-32,34,36-43,45,47-51,53,55-58H2,1-5H3,(H-,62,65,66,67)/p+1/b35-33-,46-44+,54-52+. The molecule has 70 heavy (non-hydrogen) atoms. The predicted octanol–water partition coefficient (Wildman–Crippen LogP) is 18.5. The largest absolute Gasteiger partial charge is 0.472 e. The quantitative estimate of drug-likeness (QED) is 0.0243. The fourth-order valence-corrected chi connectivity index (χ4v) is 9.79. The first kappa shape index (κ1) is 68.7. The molecule has 0 aromatic rings. The summed E-state index contributed by atoms with van der Waals surface area (Å²) >= 11 is 0. The van der Waals surface area contributed by atoms with Gasteiger partial charge in [-0.15, -0.1) is 0 Å². The third-order valence-corrected chi connectivity index (χ3v) is 14.8. The van der Waals surface area contributed by atoms with Gasteiger partial charge in [-0.25, -0.2) is 4.57 Å². The molecule has 414 valence electrons. The smallest absolute Gasteiger partial charge is 0.387 e. The summed E-state index contributed by atoms with van der Waals surface area (Å²) in [7, 11) is 1.56. The first-order valence-corrected chi connectivity index (χ1v) is 31.9. The lowest BCUT2D eigenvalue weighted by molar-refractivity contribution is -0.870. The Morgan fingerprint density at radius 2 is 0.786 bits per heavy atom. The monoisotopic (exact) mass is 1010 g/mol. The van der Waals surface area contributed by atoms with E-state index in [1.807, 2.05) is 27.2 Å². The zero-order valence-electron chi connectivity index (χ0n) is 47.3. The number of amides is 1. The third-order valence-electron chi connectivity index (χ3n) is 13.8. The van der Waals surface area contributed by atoms with Gasteiger partial charge >= 0.3 is 7.82 Å². The highest BCUT2D eigenvalue weighted by atomic mass is 31.2. The van der Waals surface area contributed by atoms with Crippen LogP contribution in [0.2, 0.25) is 0 Å². The van der Waals surface area contributed by atoms with Gasteiger partial charge in [-0.1, -0.05) is 269 Å². The Morgan fingerprint density at radius 1 is 0.471 bits per heavy atom. The van der Waals surface area contributed by atoms with Crippen LogP contribution < -0.4 is 5.32 Å². The van der Waals surface area contributed by atoms with Crippen molar-refractivity contribution in [1.29, 1.82) is 0 Å². The van der Waals surface area contributed by atoms with E-state index >= 15 is 0 Å². The lowest BCUT2D eigenvalue weighted by Gasteiger charge is -2.25. The van der Waals surface area contributed by atoms with Crippen LogP contribution in [0.3, 0.4) is 0 Å². The van der Waals surface area contributed by atoms with E-state index in [9.17, 15) is 19.4 Å². The average molecular weight is 1010 g/mol. The van der Waals surface area contributed by atoms with E-state index in [1.165, 1.54) is 238 Å². The van der Waals surface area contributed by atoms with Crippen molar-refractivity contribution in [2.24, 2.45) is 0 Å². The number of unbranched alkanes of at least 4 members (excludes halogenated alkanes) is 39. The number of allylic oxidation sites excluding steroid dienone is 5. The van der Waals surface area contributed by atoms with Crippen LogP contribution in [0.15, 0.2) is 36.5 Å². The number of rotatable bonds is 56. The summed E-state index contributed by atoms with van der Waals surface area (Å²) in [5.41, 5.74) is 0. The number of nitrogens with zero attached hydrogens (tertiary/aromatic N) is 1. The van der Waals surface area contributed by atoms with Crippen molar-refractivity contribution >= 4 is 13.7 Å². The SMILES string of the molecule is CCCCCCCCCCCCCC/C=C\CCCCCCCCCCC(=O)NC(COP(=O)(O)OCC[N+](C)(C)C)C(O)/C=C/CC/C=C/CCCCCCCCCCCCCCCCCCCC. The molecule has 0 spiro atoms. The number of aliphatic hydroxyl groups is 1. The molecule has 3 atom stereocenters. The van der Waals surface area contributed by atoms with Gasteiger partial charge in [0.1, 0.15) is 13.2 Å². The number of carbonyl (C=O) groups is 1. The van der Waals surface area contributed by atoms with Crippen LogP contribution in [0.25, 0.3) is 0 Å². The van der Waals surface area contributed by atoms with Gasteiger partial charge in [-0.05, 0) is 57.8 Å². The summed E-state index contributed by atoms with van der Waals surface area (Å²) < 4.78 is 23.7. The third kappa shape index (κ3) is 54.5. The number of hydrogen-bond donors (Lipinski definition) is 3. The molecule has 0 aliphatic rings. The van der Waals surface area contributed by atoms with Gasteiger partial charge in [0, 0.05) is 6.42 Å². The van der Waals surface area contributed by atoms with Gasteiger partial charge in [0.25, 0.3) is 0 Å². The minimum absolute atomic E-state index is 0.0563. The van der Waals surface area contributed by atoms with Crippen LogP contribution in [-0.4, -0.2) is 73.4 Å². The maximum Gasteiger partial charge on any atom is 0.472 e. The van der Waals surface area contributed by atoms with E-state index in [4.69, 9.17) is 9.05 Å². The summed E-state index contributed by atoms with van der Waals surface area (Å²) in [5.74, 6) is -0.186. The Bertz CT molecular complexity index is 1230. The Morgan fingerprint density at radius 3 is 1.14 bits per heavy atom. The molecule has 0 saturated heterocycles. The Labute approximate surface area is 436 Å². The number of phosphoric ester groups is 1. The molecule has 0 fully saturated rings. The molecule has 0 aliphatic heterocycles. The lowest BCUT2D eigenvalue weighted by Crippen LogP contribution is -2.45. The van der Waals surface area contributed by atoms with E-state index in [1.54, 1.807) is 6.08 Å². The molecular formula is C61H120N2O6P+. The number of carbonyl (C=O) groups excluding carboxylic acids is 1. The maximum atomic E-state index is 13.0. The normalized spacial score (nSPS) is 14.1. The maximum absolute atomic E-state index is 13.0. The molecular weight excluding hydrogens is 888 g/mol. The summed E-state index contributed by atoms with van der Waals surface area (Å²) in [6.45, 7) is 4.84. The van der Waals surface area contributed by atoms with E-state index in [0.29, 0.717) is 17.4 Å². The van der Waals surface area contributed by atoms with Crippen molar-refractivity contribution in [2.45, 2.75) is 309 Å². The number of nitrogens with one attached hydrogen (secondary N) is 1.